The van der Waals surface area contributed by atoms with E-state index in [1.54, 1.807) is 0 Å². The van der Waals surface area contributed by atoms with Gasteiger partial charge in [0, 0.05) is 18.9 Å². The van der Waals surface area contributed by atoms with E-state index in [0.29, 0.717) is 11.7 Å². The molecule has 1 saturated carbocycles. The van der Waals surface area contributed by atoms with Crippen molar-refractivity contribution in [1.82, 2.24) is 4.90 Å². The first-order valence-electron chi connectivity index (χ1n) is 7.44. The van der Waals surface area contributed by atoms with Crippen LogP contribution in [0.3, 0.4) is 0 Å². The molecule has 2 unspecified atom stereocenters. The Kier molecular flexibility index (Phi) is 4.61. The quantitative estimate of drug-likeness (QED) is 0.751. The van der Waals surface area contributed by atoms with Crippen molar-refractivity contribution in [3.05, 3.63) is 0 Å². The molecule has 2 nitrogen and oxygen atoms in total. The van der Waals surface area contributed by atoms with Crippen LogP contribution >= 0.6 is 0 Å². The SMILES string of the molecule is CCC1CCN(CC2CC(C)CCC2=O)CC1. The van der Waals surface area contributed by atoms with Gasteiger partial charge in [-0.1, -0.05) is 20.3 Å². The number of piperidine rings is 1. The van der Waals surface area contributed by atoms with Crippen LogP contribution in [0.1, 0.15) is 52.4 Å². The molecule has 1 saturated heterocycles. The van der Waals surface area contributed by atoms with Crippen LogP contribution in [0.5, 0.6) is 0 Å². The van der Waals surface area contributed by atoms with Gasteiger partial charge in [-0.2, -0.15) is 0 Å². The molecule has 0 radical (unpaired) electrons. The smallest absolute Gasteiger partial charge is 0.137 e. The standard InChI is InChI=1S/C15H27NO/c1-3-13-6-8-16(9-7-13)11-14-10-12(2)4-5-15(14)17/h12-14H,3-11H2,1-2H3. The summed E-state index contributed by atoms with van der Waals surface area (Å²) in [5.41, 5.74) is 0. The van der Waals surface area contributed by atoms with Crippen molar-refractivity contribution in [3.63, 3.8) is 0 Å². The number of hydrogen-bond donors (Lipinski definition) is 0. The van der Waals surface area contributed by atoms with Gasteiger partial charge in [0.1, 0.15) is 5.78 Å². The molecule has 0 aromatic carbocycles. The molecule has 0 bridgehead atoms. The van der Waals surface area contributed by atoms with Crippen LogP contribution in [-0.4, -0.2) is 30.3 Å². The van der Waals surface area contributed by atoms with Crippen LogP contribution in [0.4, 0.5) is 0 Å². The fourth-order valence-electron chi connectivity index (χ4n) is 3.39. The first-order valence-corrected chi connectivity index (χ1v) is 7.44. The highest BCUT2D eigenvalue weighted by Crippen LogP contribution is 2.28. The van der Waals surface area contributed by atoms with Crippen molar-refractivity contribution >= 4 is 5.78 Å². The average molecular weight is 237 g/mol. The zero-order valence-electron chi connectivity index (χ0n) is 11.5. The summed E-state index contributed by atoms with van der Waals surface area (Å²) in [5.74, 6) is 2.57. The third-order valence-electron chi connectivity index (χ3n) is 4.79. The zero-order valence-corrected chi connectivity index (χ0v) is 11.5. The lowest BCUT2D eigenvalue weighted by molar-refractivity contribution is -0.126. The topological polar surface area (TPSA) is 20.3 Å². The predicted molar refractivity (Wildman–Crippen MR) is 71.0 cm³/mol. The Morgan fingerprint density at radius 3 is 2.59 bits per heavy atom. The molecular weight excluding hydrogens is 210 g/mol. The van der Waals surface area contributed by atoms with Crippen LogP contribution in [0.15, 0.2) is 0 Å². The minimum absolute atomic E-state index is 0.344. The van der Waals surface area contributed by atoms with E-state index in [-0.39, 0.29) is 0 Å². The second-order valence-electron chi connectivity index (χ2n) is 6.20. The molecule has 0 amide bonds. The second-order valence-corrected chi connectivity index (χ2v) is 6.20. The molecule has 98 valence electrons. The van der Waals surface area contributed by atoms with E-state index in [4.69, 9.17) is 0 Å². The maximum atomic E-state index is 11.9. The van der Waals surface area contributed by atoms with Gasteiger partial charge in [0.25, 0.3) is 0 Å². The Morgan fingerprint density at radius 2 is 1.94 bits per heavy atom. The number of ketones is 1. The molecular formula is C15H27NO. The summed E-state index contributed by atoms with van der Waals surface area (Å²) >= 11 is 0. The summed E-state index contributed by atoms with van der Waals surface area (Å²) in [5, 5.41) is 0. The molecule has 2 atom stereocenters. The highest BCUT2D eigenvalue weighted by molar-refractivity contribution is 5.81. The van der Waals surface area contributed by atoms with Gasteiger partial charge >= 0.3 is 0 Å². The summed E-state index contributed by atoms with van der Waals surface area (Å²) < 4.78 is 0. The monoisotopic (exact) mass is 237 g/mol. The number of carbonyl (C=O) groups is 1. The van der Waals surface area contributed by atoms with Crippen molar-refractivity contribution < 1.29 is 4.79 Å². The number of rotatable bonds is 3. The molecule has 2 aliphatic rings. The molecule has 17 heavy (non-hydrogen) atoms. The van der Waals surface area contributed by atoms with Gasteiger partial charge in [-0.25, -0.2) is 0 Å². The van der Waals surface area contributed by atoms with Crippen molar-refractivity contribution in [1.29, 1.82) is 0 Å². The minimum Gasteiger partial charge on any atom is -0.303 e. The molecule has 0 aromatic heterocycles. The summed E-state index contributed by atoms with van der Waals surface area (Å²) in [6, 6.07) is 0. The van der Waals surface area contributed by atoms with Crippen LogP contribution in [0.25, 0.3) is 0 Å². The fraction of sp³-hybridized carbons (Fsp3) is 0.933. The Balaban J connectivity index is 1.78. The van der Waals surface area contributed by atoms with Gasteiger partial charge in [-0.3, -0.25) is 4.79 Å². The van der Waals surface area contributed by atoms with Gasteiger partial charge < -0.3 is 4.90 Å². The normalized spacial score (nSPS) is 32.9. The first-order chi connectivity index (χ1) is 8.19. The molecule has 0 aromatic rings. The zero-order chi connectivity index (χ0) is 12.3. The average Bonchev–Trinajstić information content (AvgIpc) is 2.35. The molecule has 2 heteroatoms. The molecule has 1 aliphatic heterocycles. The lowest BCUT2D eigenvalue weighted by atomic mass is 9.81. The highest BCUT2D eigenvalue weighted by atomic mass is 16.1. The second kappa shape index (κ2) is 5.99. The van der Waals surface area contributed by atoms with E-state index in [1.807, 2.05) is 0 Å². The minimum atomic E-state index is 0.344. The Bertz CT molecular complexity index is 256. The Morgan fingerprint density at radius 1 is 1.24 bits per heavy atom. The van der Waals surface area contributed by atoms with E-state index in [1.165, 1.54) is 32.4 Å². The van der Waals surface area contributed by atoms with E-state index < -0.39 is 0 Å². The van der Waals surface area contributed by atoms with Gasteiger partial charge in [-0.15, -0.1) is 0 Å². The lowest BCUT2D eigenvalue weighted by Gasteiger charge is -2.35. The fourth-order valence-corrected chi connectivity index (χ4v) is 3.39. The molecule has 2 rings (SSSR count). The predicted octanol–water partition coefficient (Wildman–Crippen LogP) is 3.11. The molecule has 1 heterocycles. The van der Waals surface area contributed by atoms with Gasteiger partial charge in [0.15, 0.2) is 0 Å². The van der Waals surface area contributed by atoms with Crippen molar-refractivity contribution in [2.24, 2.45) is 17.8 Å². The van der Waals surface area contributed by atoms with Crippen LogP contribution < -0.4 is 0 Å². The third-order valence-corrected chi connectivity index (χ3v) is 4.79. The number of Topliss-reactive ketones (excluding diaryl/α,β-unsaturated/α-hetero) is 1. The lowest BCUT2D eigenvalue weighted by Crippen LogP contribution is -2.40. The highest BCUT2D eigenvalue weighted by Gasteiger charge is 2.29. The van der Waals surface area contributed by atoms with Crippen molar-refractivity contribution in [2.45, 2.75) is 52.4 Å². The summed E-state index contributed by atoms with van der Waals surface area (Å²) in [6.07, 6.45) is 7.09. The van der Waals surface area contributed by atoms with Crippen molar-refractivity contribution in [3.8, 4) is 0 Å². The molecule has 1 aliphatic carbocycles. The van der Waals surface area contributed by atoms with Crippen LogP contribution in [-0.2, 0) is 4.79 Å². The van der Waals surface area contributed by atoms with Gasteiger partial charge in [0.05, 0.1) is 0 Å². The van der Waals surface area contributed by atoms with E-state index >= 15 is 0 Å². The number of likely N-dealkylation sites (tertiary alicyclic amines) is 1. The van der Waals surface area contributed by atoms with Crippen LogP contribution in [0, 0.1) is 17.8 Å². The third kappa shape index (κ3) is 3.54. The molecule has 0 spiro atoms. The summed E-state index contributed by atoms with van der Waals surface area (Å²) in [4.78, 5) is 14.4. The Labute approximate surface area is 106 Å². The number of nitrogens with zero attached hydrogens (tertiary/aromatic N) is 1. The number of carbonyl (C=O) groups excluding carboxylic acids is 1. The van der Waals surface area contributed by atoms with E-state index in [2.05, 4.69) is 18.7 Å². The van der Waals surface area contributed by atoms with E-state index in [0.717, 1.165) is 37.6 Å². The van der Waals surface area contributed by atoms with Gasteiger partial charge in [0.2, 0.25) is 0 Å². The Hall–Kier alpha value is -0.370. The van der Waals surface area contributed by atoms with Crippen LogP contribution in [0.2, 0.25) is 0 Å². The largest absolute Gasteiger partial charge is 0.303 e. The molecule has 0 N–H and O–H groups in total. The maximum absolute atomic E-state index is 11.9. The molecule has 2 fully saturated rings. The summed E-state index contributed by atoms with van der Waals surface area (Å²) in [7, 11) is 0. The first kappa shape index (κ1) is 13.1. The van der Waals surface area contributed by atoms with Gasteiger partial charge in [-0.05, 0) is 50.6 Å². The van der Waals surface area contributed by atoms with Crippen molar-refractivity contribution in [2.75, 3.05) is 19.6 Å². The maximum Gasteiger partial charge on any atom is 0.137 e. The van der Waals surface area contributed by atoms with E-state index in [9.17, 15) is 4.79 Å². The number of hydrogen-bond acceptors (Lipinski definition) is 2. The summed E-state index contributed by atoms with van der Waals surface area (Å²) in [6.45, 7) is 8.07.